The molecule has 0 aromatic rings. The minimum Gasteiger partial charge on any atom is -0.468 e. The molecule has 0 heterocycles. The van der Waals surface area contributed by atoms with E-state index in [9.17, 15) is 4.79 Å². The first kappa shape index (κ1) is 11.9. The van der Waals surface area contributed by atoms with Gasteiger partial charge in [0.2, 0.25) is 0 Å². The number of carbonyl (C=O) groups is 1. The topological polar surface area (TPSA) is 78.3 Å². The van der Waals surface area contributed by atoms with Crippen molar-refractivity contribution in [3.63, 3.8) is 0 Å². The molecule has 0 bridgehead atoms. The van der Waals surface area contributed by atoms with E-state index in [4.69, 9.17) is 11.5 Å². The predicted molar refractivity (Wildman–Crippen MR) is 50.7 cm³/mol. The minimum atomic E-state index is -0.946. The maximum atomic E-state index is 11.1. The number of ether oxygens (including phenoxy) is 1. The van der Waals surface area contributed by atoms with Crippen LogP contribution in [0.25, 0.3) is 0 Å². The van der Waals surface area contributed by atoms with Gasteiger partial charge in [0.25, 0.3) is 0 Å². The lowest BCUT2D eigenvalue weighted by molar-refractivity contribution is -0.146. The van der Waals surface area contributed by atoms with Crippen LogP contribution in [-0.4, -0.2) is 25.2 Å². The molecular formula is C9H16N2O2. The van der Waals surface area contributed by atoms with Gasteiger partial charge >= 0.3 is 5.97 Å². The molecule has 0 rings (SSSR count). The molecule has 0 saturated heterocycles. The summed E-state index contributed by atoms with van der Waals surface area (Å²) in [5.74, 6) is 5.09. The van der Waals surface area contributed by atoms with Crippen molar-refractivity contribution in [2.75, 3.05) is 13.7 Å². The summed E-state index contributed by atoms with van der Waals surface area (Å²) >= 11 is 0. The first-order valence-corrected chi connectivity index (χ1v) is 4.07. The highest BCUT2D eigenvalue weighted by atomic mass is 16.5. The Balaban J connectivity index is 3.96. The van der Waals surface area contributed by atoms with Gasteiger partial charge in [0, 0.05) is 6.42 Å². The summed E-state index contributed by atoms with van der Waals surface area (Å²) in [6.07, 6.45) is 1.03. The van der Waals surface area contributed by atoms with Gasteiger partial charge in [-0.15, -0.1) is 5.92 Å². The molecule has 0 amide bonds. The predicted octanol–water partition coefficient (Wildman–Crippen LogP) is -0.381. The quantitative estimate of drug-likeness (QED) is 0.463. The summed E-state index contributed by atoms with van der Waals surface area (Å²) in [6, 6.07) is 0. The second kappa shape index (κ2) is 5.57. The second-order valence-electron chi connectivity index (χ2n) is 2.97. The molecule has 0 fully saturated rings. The maximum absolute atomic E-state index is 11.1. The van der Waals surface area contributed by atoms with E-state index in [0.29, 0.717) is 19.4 Å². The zero-order chi connectivity index (χ0) is 10.3. The van der Waals surface area contributed by atoms with Gasteiger partial charge in [0.05, 0.1) is 13.7 Å². The van der Waals surface area contributed by atoms with Crippen molar-refractivity contribution in [2.45, 2.75) is 25.3 Å². The number of hydrogen-bond acceptors (Lipinski definition) is 4. The van der Waals surface area contributed by atoms with Gasteiger partial charge in [-0.3, -0.25) is 4.79 Å². The van der Waals surface area contributed by atoms with Gasteiger partial charge in [-0.05, 0) is 13.3 Å². The van der Waals surface area contributed by atoms with E-state index in [1.165, 1.54) is 7.11 Å². The van der Waals surface area contributed by atoms with Crippen LogP contribution >= 0.6 is 0 Å². The Bertz CT molecular complexity index is 226. The van der Waals surface area contributed by atoms with Crippen LogP contribution in [0.15, 0.2) is 0 Å². The van der Waals surface area contributed by atoms with Crippen molar-refractivity contribution in [3.05, 3.63) is 0 Å². The maximum Gasteiger partial charge on any atom is 0.325 e. The van der Waals surface area contributed by atoms with E-state index in [-0.39, 0.29) is 0 Å². The van der Waals surface area contributed by atoms with Gasteiger partial charge in [-0.25, -0.2) is 0 Å². The number of carbonyl (C=O) groups excluding carboxylic acids is 1. The summed E-state index contributed by atoms with van der Waals surface area (Å²) < 4.78 is 4.54. The summed E-state index contributed by atoms with van der Waals surface area (Å²) in [5, 5.41) is 0. The van der Waals surface area contributed by atoms with Crippen molar-refractivity contribution in [1.29, 1.82) is 0 Å². The highest BCUT2D eigenvalue weighted by molar-refractivity contribution is 5.79. The largest absolute Gasteiger partial charge is 0.468 e. The minimum absolute atomic E-state index is 0.333. The van der Waals surface area contributed by atoms with E-state index >= 15 is 0 Å². The van der Waals surface area contributed by atoms with Crippen LogP contribution in [0.3, 0.4) is 0 Å². The van der Waals surface area contributed by atoms with E-state index in [1.54, 1.807) is 6.92 Å². The smallest absolute Gasteiger partial charge is 0.325 e. The number of hydrogen-bond donors (Lipinski definition) is 2. The van der Waals surface area contributed by atoms with E-state index in [2.05, 4.69) is 16.6 Å². The third-order valence-electron chi connectivity index (χ3n) is 1.65. The summed E-state index contributed by atoms with van der Waals surface area (Å²) in [5.41, 5.74) is 9.90. The van der Waals surface area contributed by atoms with Gasteiger partial charge in [0.1, 0.15) is 5.54 Å². The first-order valence-electron chi connectivity index (χ1n) is 4.07. The molecule has 4 heteroatoms. The van der Waals surface area contributed by atoms with Gasteiger partial charge in [0.15, 0.2) is 0 Å². The number of nitrogens with two attached hydrogens (primary N) is 2. The SMILES string of the molecule is COC(=O)C(C)(N)CCC#CCN. The molecule has 0 aliphatic carbocycles. The summed E-state index contributed by atoms with van der Waals surface area (Å²) in [6.45, 7) is 1.96. The Morgan fingerprint density at radius 3 is 2.62 bits per heavy atom. The van der Waals surface area contributed by atoms with Crippen molar-refractivity contribution < 1.29 is 9.53 Å². The Kier molecular flexibility index (Phi) is 5.12. The Morgan fingerprint density at radius 1 is 1.54 bits per heavy atom. The second-order valence-corrected chi connectivity index (χ2v) is 2.97. The van der Waals surface area contributed by atoms with Crippen LogP contribution in [0, 0.1) is 11.8 Å². The molecule has 74 valence electrons. The van der Waals surface area contributed by atoms with E-state index < -0.39 is 11.5 Å². The molecule has 13 heavy (non-hydrogen) atoms. The molecule has 0 aromatic heterocycles. The average Bonchev–Trinajstić information content (AvgIpc) is 2.11. The summed E-state index contributed by atoms with van der Waals surface area (Å²) in [7, 11) is 1.32. The highest BCUT2D eigenvalue weighted by Gasteiger charge is 2.28. The fraction of sp³-hybridized carbons (Fsp3) is 0.667. The van der Waals surface area contributed by atoms with Gasteiger partial charge in [-0.2, -0.15) is 0 Å². The zero-order valence-electron chi connectivity index (χ0n) is 8.09. The fourth-order valence-corrected chi connectivity index (χ4v) is 0.818. The molecular weight excluding hydrogens is 168 g/mol. The number of esters is 1. The third-order valence-corrected chi connectivity index (χ3v) is 1.65. The molecule has 0 spiro atoms. The van der Waals surface area contributed by atoms with E-state index in [1.807, 2.05) is 0 Å². The van der Waals surface area contributed by atoms with E-state index in [0.717, 1.165) is 0 Å². The lowest BCUT2D eigenvalue weighted by Crippen LogP contribution is -2.45. The molecule has 1 unspecified atom stereocenters. The van der Waals surface area contributed by atoms with Crippen LogP contribution in [0.2, 0.25) is 0 Å². The molecule has 0 radical (unpaired) electrons. The Morgan fingerprint density at radius 2 is 2.15 bits per heavy atom. The van der Waals surface area contributed by atoms with Crippen molar-refractivity contribution in [2.24, 2.45) is 11.5 Å². The first-order chi connectivity index (χ1) is 6.04. The zero-order valence-corrected chi connectivity index (χ0v) is 8.09. The van der Waals surface area contributed by atoms with Gasteiger partial charge < -0.3 is 16.2 Å². The number of rotatable bonds is 3. The van der Waals surface area contributed by atoms with Crippen LogP contribution in [0.4, 0.5) is 0 Å². The molecule has 4 nitrogen and oxygen atoms in total. The summed E-state index contributed by atoms with van der Waals surface area (Å²) in [4.78, 5) is 11.1. The van der Waals surface area contributed by atoms with Crippen molar-refractivity contribution >= 4 is 5.97 Å². The van der Waals surface area contributed by atoms with Gasteiger partial charge in [-0.1, -0.05) is 5.92 Å². The molecule has 4 N–H and O–H groups in total. The monoisotopic (exact) mass is 184 g/mol. The fourth-order valence-electron chi connectivity index (χ4n) is 0.818. The molecule has 0 aromatic carbocycles. The standard InChI is InChI=1S/C9H16N2O2/c1-9(11,8(12)13-2)6-4-3-5-7-10/h4,6-7,10-11H2,1-2H3. The molecule has 0 aliphatic heterocycles. The molecule has 0 aliphatic rings. The molecule has 0 saturated carbocycles. The van der Waals surface area contributed by atoms with Crippen molar-refractivity contribution in [1.82, 2.24) is 0 Å². The third kappa shape index (κ3) is 4.51. The van der Waals surface area contributed by atoms with Crippen LogP contribution < -0.4 is 11.5 Å². The lowest BCUT2D eigenvalue weighted by atomic mass is 9.98. The Hall–Kier alpha value is -1.05. The normalized spacial score (nSPS) is 13.8. The lowest BCUT2D eigenvalue weighted by Gasteiger charge is -2.19. The molecule has 1 atom stereocenters. The average molecular weight is 184 g/mol. The van der Waals surface area contributed by atoms with Crippen LogP contribution in [-0.2, 0) is 9.53 Å². The van der Waals surface area contributed by atoms with Crippen molar-refractivity contribution in [3.8, 4) is 11.8 Å². The van der Waals surface area contributed by atoms with Crippen LogP contribution in [0.1, 0.15) is 19.8 Å². The highest BCUT2D eigenvalue weighted by Crippen LogP contribution is 2.09. The Labute approximate surface area is 78.6 Å². The number of methoxy groups -OCH3 is 1. The van der Waals surface area contributed by atoms with Crippen LogP contribution in [0.5, 0.6) is 0 Å².